The van der Waals surface area contributed by atoms with Gasteiger partial charge in [-0.05, 0) is 47.9 Å². The molecule has 0 radical (unpaired) electrons. The van der Waals surface area contributed by atoms with Crippen molar-refractivity contribution in [3.05, 3.63) is 94.1 Å². The van der Waals surface area contributed by atoms with Gasteiger partial charge in [0.25, 0.3) is 0 Å². The lowest BCUT2D eigenvalue weighted by Gasteiger charge is -2.23. The molecule has 0 bridgehead atoms. The first-order chi connectivity index (χ1) is 15.0. The second-order valence-corrected chi connectivity index (χ2v) is 8.22. The van der Waals surface area contributed by atoms with Gasteiger partial charge >= 0.3 is 0 Å². The van der Waals surface area contributed by atoms with Crippen LogP contribution >= 0.6 is 0 Å². The Balaban J connectivity index is 1.55. The highest BCUT2D eigenvalue weighted by atomic mass is 19.2. The van der Waals surface area contributed by atoms with Gasteiger partial charge in [-0.3, -0.25) is 0 Å². The van der Waals surface area contributed by atoms with Gasteiger partial charge in [-0.2, -0.15) is 0 Å². The molecule has 0 aliphatic heterocycles. The van der Waals surface area contributed by atoms with Crippen LogP contribution < -0.4 is 0 Å². The third-order valence-electron chi connectivity index (χ3n) is 6.14. The third-order valence-corrected chi connectivity index (χ3v) is 6.14. The Morgan fingerprint density at radius 3 is 2.10 bits per heavy atom. The number of benzene rings is 3. The SMILES string of the molecule is Cc1ccc(/C=C/c2ccc(-c3ccc(C4CCCCC4)c(F)c3F)cc2)c(F)c1F. The topological polar surface area (TPSA) is 0 Å². The molecular formula is C27H24F4. The first-order valence-electron chi connectivity index (χ1n) is 10.7. The fraction of sp³-hybridized carbons (Fsp3) is 0.259. The van der Waals surface area contributed by atoms with Crippen LogP contribution in [0.5, 0.6) is 0 Å². The van der Waals surface area contributed by atoms with E-state index in [0.717, 1.165) is 37.7 Å². The van der Waals surface area contributed by atoms with E-state index in [9.17, 15) is 17.6 Å². The van der Waals surface area contributed by atoms with Crippen LogP contribution in [0, 0.1) is 30.2 Å². The number of hydrogen-bond donors (Lipinski definition) is 0. The summed E-state index contributed by atoms with van der Waals surface area (Å²) in [5.74, 6) is -3.21. The van der Waals surface area contributed by atoms with Crippen LogP contribution in [0.1, 0.15) is 60.3 Å². The van der Waals surface area contributed by atoms with E-state index in [0.29, 0.717) is 11.1 Å². The zero-order valence-electron chi connectivity index (χ0n) is 17.4. The van der Waals surface area contributed by atoms with Crippen molar-refractivity contribution < 1.29 is 17.6 Å². The molecule has 0 amide bonds. The second-order valence-electron chi connectivity index (χ2n) is 8.22. The summed E-state index contributed by atoms with van der Waals surface area (Å²) < 4.78 is 57.3. The van der Waals surface area contributed by atoms with E-state index in [2.05, 4.69) is 0 Å². The number of hydrogen-bond acceptors (Lipinski definition) is 0. The molecule has 3 aromatic rings. The van der Waals surface area contributed by atoms with Crippen LogP contribution in [-0.4, -0.2) is 0 Å². The maximum atomic E-state index is 14.8. The minimum absolute atomic E-state index is 0.0943. The Kier molecular flexibility index (Phi) is 6.26. The van der Waals surface area contributed by atoms with E-state index in [-0.39, 0.29) is 22.6 Å². The summed E-state index contributed by atoms with van der Waals surface area (Å²) in [6, 6.07) is 13.3. The molecule has 1 saturated carbocycles. The quantitative estimate of drug-likeness (QED) is 0.291. The largest absolute Gasteiger partial charge is 0.203 e. The van der Waals surface area contributed by atoms with Crippen molar-refractivity contribution in [1.29, 1.82) is 0 Å². The molecule has 1 aliphatic carbocycles. The monoisotopic (exact) mass is 424 g/mol. The van der Waals surface area contributed by atoms with E-state index < -0.39 is 23.3 Å². The first kappa shape index (κ1) is 21.4. The zero-order chi connectivity index (χ0) is 22.0. The van der Waals surface area contributed by atoms with Crippen LogP contribution in [0.15, 0.2) is 48.5 Å². The number of aryl methyl sites for hydroxylation is 1. The Morgan fingerprint density at radius 2 is 1.39 bits per heavy atom. The van der Waals surface area contributed by atoms with Crippen LogP contribution in [0.25, 0.3) is 23.3 Å². The first-order valence-corrected chi connectivity index (χ1v) is 10.7. The number of rotatable bonds is 4. The molecule has 0 atom stereocenters. The van der Waals surface area contributed by atoms with Crippen molar-refractivity contribution in [2.24, 2.45) is 0 Å². The van der Waals surface area contributed by atoms with E-state index >= 15 is 0 Å². The molecule has 1 fully saturated rings. The molecule has 0 unspecified atom stereocenters. The molecule has 160 valence electrons. The van der Waals surface area contributed by atoms with Crippen molar-refractivity contribution in [2.75, 3.05) is 0 Å². The average Bonchev–Trinajstić information content (AvgIpc) is 2.80. The number of halogens is 4. The summed E-state index contributed by atoms with van der Waals surface area (Å²) >= 11 is 0. The van der Waals surface area contributed by atoms with Gasteiger partial charge in [0.05, 0.1) is 0 Å². The van der Waals surface area contributed by atoms with Gasteiger partial charge in [-0.25, -0.2) is 17.6 Å². The maximum absolute atomic E-state index is 14.8. The molecule has 3 aromatic carbocycles. The molecule has 1 aliphatic rings. The molecule has 0 N–H and O–H groups in total. The van der Waals surface area contributed by atoms with Crippen LogP contribution in [0.3, 0.4) is 0 Å². The van der Waals surface area contributed by atoms with Gasteiger partial charge in [0.15, 0.2) is 23.3 Å². The molecule has 0 spiro atoms. The Morgan fingerprint density at radius 1 is 0.677 bits per heavy atom. The summed E-state index contributed by atoms with van der Waals surface area (Å²) in [7, 11) is 0. The fourth-order valence-electron chi connectivity index (χ4n) is 4.27. The summed E-state index contributed by atoms with van der Waals surface area (Å²) in [4.78, 5) is 0. The van der Waals surface area contributed by atoms with E-state index in [1.165, 1.54) is 25.1 Å². The Bertz CT molecular complexity index is 1110. The summed E-state index contributed by atoms with van der Waals surface area (Å²) in [5, 5.41) is 0. The molecule has 0 saturated heterocycles. The summed E-state index contributed by atoms with van der Waals surface area (Å²) in [6.07, 6.45) is 8.23. The molecule has 4 heteroatoms. The van der Waals surface area contributed by atoms with E-state index in [1.54, 1.807) is 42.5 Å². The average molecular weight is 424 g/mol. The van der Waals surface area contributed by atoms with Crippen molar-refractivity contribution in [3.63, 3.8) is 0 Å². The zero-order valence-corrected chi connectivity index (χ0v) is 17.4. The highest BCUT2D eigenvalue weighted by molar-refractivity contribution is 5.72. The molecule has 0 aromatic heterocycles. The van der Waals surface area contributed by atoms with E-state index in [1.807, 2.05) is 0 Å². The van der Waals surface area contributed by atoms with Gasteiger partial charge in [0.1, 0.15) is 0 Å². The Labute approximate surface area is 180 Å². The molecule has 31 heavy (non-hydrogen) atoms. The van der Waals surface area contributed by atoms with Gasteiger partial charge in [-0.15, -0.1) is 0 Å². The smallest absolute Gasteiger partial charge is 0.166 e. The van der Waals surface area contributed by atoms with Crippen LogP contribution in [0.2, 0.25) is 0 Å². The summed E-state index contributed by atoms with van der Waals surface area (Å²) in [5.41, 5.74) is 2.41. The van der Waals surface area contributed by atoms with E-state index in [4.69, 9.17) is 0 Å². The highest BCUT2D eigenvalue weighted by Gasteiger charge is 2.22. The maximum Gasteiger partial charge on any atom is 0.166 e. The van der Waals surface area contributed by atoms with Crippen molar-refractivity contribution in [1.82, 2.24) is 0 Å². The minimum Gasteiger partial charge on any atom is -0.203 e. The summed E-state index contributed by atoms with van der Waals surface area (Å²) in [6.45, 7) is 1.51. The van der Waals surface area contributed by atoms with Crippen molar-refractivity contribution in [2.45, 2.75) is 44.9 Å². The standard InChI is InChI=1S/C27H24F4/c1-17-7-11-21(25(29)24(17)28)14-10-18-8-12-20(13-9-18)23-16-15-22(26(30)27(23)31)19-5-3-2-4-6-19/h7-16,19H,2-6H2,1H3/b14-10+. The third kappa shape index (κ3) is 4.43. The predicted octanol–water partition coefficient (Wildman–Crippen LogP) is 8.44. The predicted molar refractivity (Wildman–Crippen MR) is 118 cm³/mol. The second kappa shape index (κ2) is 9.09. The fourth-order valence-corrected chi connectivity index (χ4v) is 4.27. The molecule has 4 rings (SSSR count). The van der Waals surface area contributed by atoms with Gasteiger partial charge < -0.3 is 0 Å². The van der Waals surface area contributed by atoms with Gasteiger partial charge in [-0.1, -0.05) is 79.9 Å². The Hall–Kier alpha value is -2.88. The van der Waals surface area contributed by atoms with Crippen LogP contribution in [-0.2, 0) is 0 Å². The highest BCUT2D eigenvalue weighted by Crippen LogP contribution is 2.37. The molecule has 0 heterocycles. The lowest BCUT2D eigenvalue weighted by atomic mass is 9.83. The van der Waals surface area contributed by atoms with Crippen molar-refractivity contribution >= 4 is 12.2 Å². The lowest BCUT2D eigenvalue weighted by molar-refractivity contribution is 0.418. The van der Waals surface area contributed by atoms with Crippen LogP contribution in [0.4, 0.5) is 17.6 Å². The normalized spacial score (nSPS) is 15.0. The van der Waals surface area contributed by atoms with Gasteiger partial charge in [0.2, 0.25) is 0 Å². The lowest BCUT2D eigenvalue weighted by Crippen LogP contribution is -2.08. The molecular weight excluding hydrogens is 400 g/mol. The molecule has 0 nitrogen and oxygen atoms in total. The van der Waals surface area contributed by atoms with Crippen molar-refractivity contribution in [3.8, 4) is 11.1 Å². The minimum atomic E-state index is -0.886. The van der Waals surface area contributed by atoms with Gasteiger partial charge in [0, 0.05) is 11.1 Å².